The van der Waals surface area contributed by atoms with Crippen LogP contribution in [0.2, 0.25) is 0 Å². The van der Waals surface area contributed by atoms with Gasteiger partial charge in [-0.1, -0.05) is 0 Å². The molecule has 0 spiro atoms. The molecule has 5 nitrogen and oxygen atoms in total. The van der Waals surface area contributed by atoms with Gasteiger partial charge >= 0.3 is 0 Å². The lowest BCUT2D eigenvalue weighted by Gasteiger charge is -1.93. The van der Waals surface area contributed by atoms with Gasteiger partial charge < -0.3 is 5.32 Å². The van der Waals surface area contributed by atoms with Crippen molar-refractivity contribution in [3.05, 3.63) is 23.2 Å². The van der Waals surface area contributed by atoms with Crippen LogP contribution >= 0.6 is 12.2 Å². The lowest BCUT2D eigenvalue weighted by atomic mass is 10.2. The molecule has 0 aliphatic carbocycles. The summed E-state index contributed by atoms with van der Waals surface area (Å²) >= 11 is 4.82. The summed E-state index contributed by atoms with van der Waals surface area (Å²) in [5.74, 6) is -0.205. The largest absolute Gasteiger partial charge is 0.328 e. The minimum absolute atomic E-state index is 0.205. The molecule has 2 heterocycles. The highest BCUT2D eigenvalue weighted by atomic mass is 32.1. The van der Waals surface area contributed by atoms with Crippen molar-refractivity contribution < 1.29 is 4.79 Å². The highest BCUT2D eigenvalue weighted by Crippen LogP contribution is 2.11. The Morgan fingerprint density at radius 3 is 2.73 bits per heavy atom. The molecule has 0 unspecified atom stereocenters. The summed E-state index contributed by atoms with van der Waals surface area (Å²) in [7, 11) is 1.84. The van der Waals surface area contributed by atoms with E-state index in [0.29, 0.717) is 10.8 Å². The van der Waals surface area contributed by atoms with Crippen LogP contribution in [0.5, 0.6) is 0 Å². The molecule has 2 N–H and O–H groups in total. The van der Waals surface area contributed by atoms with E-state index < -0.39 is 0 Å². The first kappa shape index (κ1) is 9.85. The van der Waals surface area contributed by atoms with Crippen LogP contribution in [0, 0.1) is 6.92 Å². The molecular weight excluding hydrogens is 212 g/mol. The van der Waals surface area contributed by atoms with Gasteiger partial charge in [-0.3, -0.25) is 14.8 Å². The normalized spacial score (nSPS) is 18.1. The predicted octanol–water partition coefficient (Wildman–Crippen LogP) is 0.0737. The molecule has 1 aliphatic rings. The van der Waals surface area contributed by atoms with Crippen LogP contribution in [-0.2, 0) is 11.8 Å². The lowest BCUT2D eigenvalue weighted by molar-refractivity contribution is -0.115. The Balaban J connectivity index is 2.34. The molecule has 0 radical (unpaired) electrons. The van der Waals surface area contributed by atoms with Crippen LogP contribution in [0.4, 0.5) is 0 Å². The fourth-order valence-corrected chi connectivity index (χ4v) is 1.60. The van der Waals surface area contributed by atoms with Crippen molar-refractivity contribution in [3.8, 4) is 0 Å². The average molecular weight is 222 g/mol. The Morgan fingerprint density at radius 1 is 1.53 bits per heavy atom. The first-order valence-corrected chi connectivity index (χ1v) is 4.81. The monoisotopic (exact) mass is 222 g/mol. The second-order valence-corrected chi connectivity index (χ2v) is 3.72. The van der Waals surface area contributed by atoms with Crippen molar-refractivity contribution in [2.75, 3.05) is 0 Å². The molecule has 78 valence electrons. The van der Waals surface area contributed by atoms with Crippen molar-refractivity contribution >= 4 is 29.3 Å². The summed E-state index contributed by atoms with van der Waals surface area (Å²) in [4.78, 5) is 11.4. The van der Waals surface area contributed by atoms with E-state index in [4.69, 9.17) is 12.2 Å². The van der Waals surface area contributed by atoms with Crippen molar-refractivity contribution in [3.63, 3.8) is 0 Å². The molecule has 0 aromatic carbocycles. The Bertz CT molecular complexity index is 474. The number of aromatic nitrogens is 2. The SMILES string of the molecule is Cc1nn(C)cc1C=C1NC(=S)NC1=O. The smallest absolute Gasteiger partial charge is 0.273 e. The number of carbonyl (C=O) groups is 1. The van der Waals surface area contributed by atoms with E-state index in [9.17, 15) is 4.79 Å². The molecule has 1 aliphatic heterocycles. The molecule has 0 saturated carbocycles. The van der Waals surface area contributed by atoms with Gasteiger partial charge in [-0.2, -0.15) is 5.10 Å². The molecule has 6 heteroatoms. The highest BCUT2D eigenvalue weighted by Gasteiger charge is 2.20. The molecule has 1 aromatic rings. The van der Waals surface area contributed by atoms with Crippen molar-refractivity contribution in [1.82, 2.24) is 20.4 Å². The molecule has 15 heavy (non-hydrogen) atoms. The molecule has 1 aromatic heterocycles. The molecular formula is C9H10N4OS. The van der Waals surface area contributed by atoms with Crippen LogP contribution in [0.3, 0.4) is 0 Å². The number of rotatable bonds is 1. The molecule has 2 rings (SSSR count). The van der Waals surface area contributed by atoms with Gasteiger partial charge in [0.2, 0.25) is 0 Å². The third kappa shape index (κ3) is 1.89. The summed E-state index contributed by atoms with van der Waals surface area (Å²) in [5, 5.41) is 9.80. The van der Waals surface area contributed by atoms with Crippen LogP contribution in [0.25, 0.3) is 6.08 Å². The molecule has 1 fully saturated rings. The molecule has 0 atom stereocenters. The Morgan fingerprint density at radius 2 is 2.27 bits per heavy atom. The quantitative estimate of drug-likeness (QED) is 0.521. The van der Waals surface area contributed by atoms with E-state index in [2.05, 4.69) is 15.7 Å². The first-order valence-electron chi connectivity index (χ1n) is 4.40. The van der Waals surface area contributed by atoms with E-state index in [1.54, 1.807) is 10.8 Å². The summed E-state index contributed by atoms with van der Waals surface area (Å²) in [5.41, 5.74) is 2.23. The fourth-order valence-electron chi connectivity index (χ4n) is 1.40. The minimum Gasteiger partial charge on any atom is -0.328 e. The Kier molecular flexibility index (Phi) is 2.28. The number of thiocarbonyl (C=S) groups is 1. The molecule has 1 saturated heterocycles. The molecule has 0 bridgehead atoms. The van der Waals surface area contributed by atoms with Gasteiger partial charge in [-0.15, -0.1) is 0 Å². The maximum atomic E-state index is 11.4. The average Bonchev–Trinajstić information content (AvgIpc) is 2.58. The number of carbonyl (C=O) groups excluding carboxylic acids is 1. The van der Waals surface area contributed by atoms with Crippen molar-refractivity contribution in [2.24, 2.45) is 7.05 Å². The zero-order chi connectivity index (χ0) is 11.0. The number of hydrogen-bond acceptors (Lipinski definition) is 3. The highest BCUT2D eigenvalue weighted by molar-refractivity contribution is 7.80. The summed E-state index contributed by atoms with van der Waals surface area (Å²) in [6, 6.07) is 0. The van der Waals surface area contributed by atoms with Gasteiger partial charge in [0.1, 0.15) is 5.70 Å². The van der Waals surface area contributed by atoms with E-state index in [1.165, 1.54) is 0 Å². The lowest BCUT2D eigenvalue weighted by Crippen LogP contribution is -2.21. The maximum absolute atomic E-state index is 11.4. The second-order valence-electron chi connectivity index (χ2n) is 3.31. The standard InChI is InChI=1S/C9H10N4OS/c1-5-6(4-13(2)12-5)3-7-8(14)11-9(15)10-7/h3-4H,1-2H3,(H2,10,11,14,15). The van der Waals surface area contributed by atoms with Gasteiger partial charge in [0.25, 0.3) is 5.91 Å². The summed E-state index contributed by atoms with van der Waals surface area (Å²) in [6.07, 6.45) is 3.58. The summed E-state index contributed by atoms with van der Waals surface area (Å²) < 4.78 is 1.70. The van der Waals surface area contributed by atoms with E-state index in [0.717, 1.165) is 11.3 Å². The van der Waals surface area contributed by atoms with Crippen LogP contribution in [0.15, 0.2) is 11.9 Å². The van der Waals surface area contributed by atoms with Crippen LogP contribution in [0.1, 0.15) is 11.3 Å². The van der Waals surface area contributed by atoms with Gasteiger partial charge in [0.15, 0.2) is 5.11 Å². The zero-order valence-corrected chi connectivity index (χ0v) is 9.18. The van der Waals surface area contributed by atoms with Gasteiger partial charge in [0.05, 0.1) is 5.69 Å². The zero-order valence-electron chi connectivity index (χ0n) is 8.37. The van der Waals surface area contributed by atoms with Gasteiger partial charge in [-0.25, -0.2) is 0 Å². The third-order valence-corrected chi connectivity index (χ3v) is 2.28. The van der Waals surface area contributed by atoms with E-state index in [-0.39, 0.29) is 5.91 Å². The van der Waals surface area contributed by atoms with E-state index >= 15 is 0 Å². The Labute approximate surface area is 92.2 Å². The maximum Gasteiger partial charge on any atom is 0.273 e. The predicted molar refractivity (Wildman–Crippen MR) is 59.8 cm³/mol. The van der Waals surface area contributed by atoms with Gasteiger partial charge in [0, 0.05) is 18.8 Å². The van der Waals surface area contributed by atoms with Gasteiger partial charge in [-0.05, 0) is 25.2 Å². The van der Waals surface area contributed by atoms with Crippen molar-refractivity contribution in [2.45, 2.75) is 6.92 Å². The minimum atomic E-state index is -0.205. The van der Waals surface area contributed by atoms with E-state index in [1.807, 2.05) is 20.2 Å². The first-order chi connectivity index (χ1) is 7.06. The second kappa shape index (κ2) is 3.47. The molecule has 1 amide bonds. The van der Waals surface area contributed by atoms with Crippen LogP contribution < -0.4 is 10.6 Å². The Hall–Kier alpha value is -1.69. The fraction of sp³-hybridized carbons (Fsp3) is 0.222. The van der Waals surface area contributed by atoms with Crippen LogP contribution in [-0.4, -0.2) is 20.8 Å². The number of hydrogen-bond donors (Lipinski definition) is 2. The van der Waals surface area contributed by atoms with Crippen molar-refractivity contribution in [1.29, 1.82) is 0 Å². The number of aryl methyl sites for hydroxylation is 2. The third-order valence-electron chi connectivity index (χ3n) is 2.07. The number of nitrogens with zero attached hydrogens (tertiary/aromatic N) is 2. The number of nitrogens with one attached hydrogen (secondary N) is 2. The topological polar surface area (TPSA) is 59.0 Å². The summed E-state index contributed by atoms with van der Waals surface area (Å²) in [6.45, 7) is 1.89. The number of amides is 1.